The third-order valence-electron chi connectivity index (χ3n) is 3.77. The fourth-order valence-corrected chi connectivity index (χ4v) is 4.53. The van der Waals surface area contributed by atoms with Crippen LogP contribution >= 0.6 is 11.6 Å². The van der Waals surface area contributed by atoms with Crippen LogP contribution in [0.3, 0.4) is 0 Å². The maximum Gasteiger partial charge on any atom is 0.274 e. The van der Waals surface area contributed by atoms with Gasteiger partial charge < -0.3 is 4.90 Å². The van der Waals surface area contributed by atoms with Gasteiger partial charge in [-0.3, -0.25) is 0 Å². The van der Waals surface area contributed by atoms with Gasteiger partial charge in [0.1, 0.15) is 4.90 Å². The van der Waals surface area contributed by atoms with E-state index in [9.17, 15) is 8.42 Å². The van der Waals surface area contributed by atoms with Crippen molar-refractivity contribution in [2.75, 3.05) is 11.9 Å². The Balaban J connectivity index is 2.05. The minimum atomic E-state index is -3.80. The Labute approximate surface area is 138 Å². The Morgan fingerprint density at radius 2 is 1.70 bits per heavy atom. The fraction of sp³-hybridized carbons (Fsp3) is 0.0667. The quantitative estimate of drug-likeness (QED) is 0.677. The molecule has 0 N–H and O–H groups in total. The summed E-state index contributed by atoms with van der Waals surface area (Å²) in [5.41, 5.74) is 1.09. The van der Waals surface area contributed by atoms with E-state index in [1.807, 2.05) is 0 Å². The number of halogens is 1. The molecular formula is C15H11ClN4O2S. The number of benzene rings is 2. The molecule has 6 nitrogen and oxygen atoms in total. The minimum Gasteiger partial charge on any atom is -0.311 e. The van der Waals surface area contributed by atoms with Crippen molar-refractivity contribution < 1.29 is 8.42 Å². The highest BCUT2D eigenvalue weighted by molar-refractivity contribution is 7.90. The van der Waals surface area contributed by atoms with Gasteiger partial charge in [-0.05, 0) is 24.3 Å². The third-order valence-corrected chi connectivity index (χ3v) is 5.82. The maximum atomic E-state index is 13.0. The van der Waals surface area contributed by atoms with Gasteiger partial charge in [-0.1, -0.05) is 35.9 Å². The highest BCUT2D eigenvalue weighted by Gasteiger charge is 2.36. The van der Waals surface area contributed by atoms with Crippen LogP contribution < -0.4 is 4.90 Å². The SMILES string of the molecule is CN1c2ccccc2S(=O)(=O)n2c(-c3ccccc3Cl)nnc21. The summed E-state index contributed by atoms with van der Waals surface area (Å²) >= 11 is 6.20. The lowest BCUT2D eigenvalue weighted by molar-refractivity contribution is 0.585. The van der Waals surface area contributed by atoms with Crippen molar-refractivity contribution in [1.29, 1.82) is 0 Å². The zero-order valence-corrected chi connectivity index (χ0v) is 13.6. The Bertz CT molecular complexity index is 1030. The van der Waals surface area contributed by atoms with Gasteiger partial charge in [-0.2, -0.15) is 3.97 Å². The molecule has 1 aromatic heterocycles. The Morgan fingerprint density at radius 1 is 1.00 bits per heavy atom. The van der Waals surface area contributed by atoms with Gasteiger partial charge in [0, 0.05) is 12.6 Å². The smallest absolute Gasteiger partial charge is 0.274 e. The molecule has 2 heterocycles. The number of fused-ring (bicyclic) bond motifs is 2. The number of hydrogen-bond acceptors (Lipinski definition) is 5. The van der Waals surface area contributed by atoms with Gasteiger partial charge >= 0.3 is 0 Å². The largest absolute Gasteiger partial charge is 0.311 e. The number of anilines is 2. The van der Waals surface area contributed by atoms with Crippen molar-refractivity contribution >= 4 is 33.3 Å². The molecule has 4 rings (SSSR count). The van der Waals surface area contributed by atoms with Crippen molar-refractivity contribution in [2.24, 2.45) is 0 Å². The first-order valence-corrected chi connectivity index (χ1v) is 8.62. The van der Waals surface area contributed by atoms with E-state index in [0.29, 0.717) is 16.3 Å². The average Bonchev–Trinajstić information content (AvgIpc) is 2.99. The minimum absolute atomic E-state index is 0.201. The molecule has 8 heteroatoms. The summed E-state index contributed by atoms with van der Waals surface area (Å²) < 4.78 is 27.2. The van der Waals surface area contributed by atoms with E-state index in [4.69, 9.17) is 11.6 Å². The average molecular weight is 347 g/mol. The number of nitrogens with zero attached hydrogens (tertiary/aromatic N) is 4. The van der Waals surface area contributed by atoms with Crippen LogP contribution in [0.25, 0.3) is 11.4 Å². The van der Waals surface area contributed by atoms with Crippen molar-refractivity contribution in [3.63, 3.8) is 0 Å². The lowest BCUT2D eigenvalue weighted by atomic mass is 10.2. The Hall–Kier alpha value is -2.38. The van der Waals surface area contributed by atoms with Gasteiger partial charge in [-0.15, -0.1) is 10.2 Å². The zero-order chi connectivity index (χ0) is 16.2. The number of rotatable bonds is 1. The van der Waals surface area contributed by atoms with E-state index >= 15 is 0 Å². The van der Waals surface area contributed by atoms with Crippen LogP contribution in [0.1, 0.15) is 0 Å². The molecule has 0 saturated carbocycles. The molecule has 0 atom stereocenters. The van der Waals surface area contributed by atoms with Crippen LogP contribution in [0.2, 0.25) is 5.02 Å². The summed E-state index contributed by atoms with van der Waals surface area (Å²) in [5.74, 6) is 0.436. The molecule has 23 heavy (non-hydrogen) atoms. The monoisotopic (exact) mass is 346 g/mol. The van der Waals surface area contributed by atoms with Crippen molar-refractivity contribution in [2.45, 2.75) is 4.90 Å². The van der Waals surface area contributed by atoms with E-state index in [0.717, 1.165) is 3.97 Å². The second-order valence-electron chi connectivity index (χ2n) is 5.10. The van der Waals surface area contributed by atoms with Gasteiger partial charge in [-0.25, -0.2) is 8.42 Å². The van der Waals surface area contributed by atoms with Crippen LogP contribution in [0.5, 0.6) is 0 Å². The molecule has 0 fully saturated rings. The second-order valence-corrected chi connectivity index (χ2v) is 7.26. The molecular weight excluding hydrogens is 336 g/mol. The molecule has 0 radical (unpaired) electrons. The van der Waals surface area contributed by atoms with Gasteiger partial charge in [0.25, 0.3) is 10.0 Å². The Kier molecular flexibility index (Phi) is 2.97. The van der Waals surface area contributed by atoms with Crippen LogP contribution in [0, 0.1) is 0 Å². The predicted octanol–water partition coefficient (Wildman–Crippen LogP) is 2.92. The summed E-state index contributed by atoms with van der Waals surface area (Å²) in [5, 5.41) is 8.53. The van der Waals surface area contributed by atoms with Gasteiger partial charge in [0.15, 0.2) is 5.82 Å². The molecule has 0 bridgehead atoms. The first-order chi connectivity index (χ1) is 11.0. The van der Waals surface area contributed by atoms with E-state index in [1.165, 1.54) is 0 Å². The number of aromatic nitrogens is 3. The second kappa shape index (κ2) is 4.81. The zero-order valence-electron chi connectivity index (χ0n) is 12.0. The predicted molar refractivity (Wildman–Crippen MR) is 87.6 cm³/mol. The fourth-order valence-electron chi connectivity index (χ4n) is 2.66. The van der Waals surface area contributed by atoms with E-state index in [1.54, 1.807) is 60.5 Å². The molecule has 2 aromatic carbocycles. The Morgan fingerprint density at radius 3 is 2.48 bits per heavy atom. The first kappa shape index (κ1) is 14.2. The third kappa shape index (κ3) is 1.90. The topological polar surface area (TPSA) is 68.1 Å². The number of hydrogen-bond donors (Lipinski definition) is 0. The highest BCUT2D eigenvalue weighted by Crippen LogP contribution is 2.40. The van der Waals surface area contributed by atoms with Crippen molar-refractivity contribution in [1.82, 2.24) is 14.2 Å². The van der Waals surface area contributed by atoms with Crippen LogP contribution in [0.4, 0.5) is 11.6 Å². The van der Waals surface area contributed by atoms with E-state index in [2.05, 4.69) is 10.2 Å². The molecule has 0 aliphatic carbocycles. The lowest BCUT2D eigenvalue weighted by Gasteiger charge is -2.27. The lowest BCUT2D eigenvalue weighted by Crippen LogP contribution is -2.28. The molecule has 3 aromatic rings. The maximum absolute atomic E-state index is 13.0. The number of para-hydroxylation sites is 1. The van der Waals surface area contributed by atoms with Crippen LogP contribution in [0.15, 0.2) is 53.4 Å². The summed E-state index contributed by atoms with van der Waals surface area (Å²) in [6.07, 6.45) is 0. The normalized spacial score (nSPS) is 15.1. The van der Waals surface area contributed by atoms with Gasteiger partial charge in [0.2, 0.25) is 5.95 Å². The first-order valence-electron chi connectivity index (χ1n) is 6.80. The molecule has 0 spiro atoms. The molecule has 0 unspecified atom stereocenters. The van der Waals surface area contributed by atoms with E-state index < -0.39 is 10.0 Å². The van der Waals surface area contributed by atoms with Crippen molar-refractivity contribution in [3.8, 4) is 11.4 Å². The van der Waals surface area contributed by atoms with Crippen molar-refractivity contribution in [3.05, 3.63) is 53.6 Å². The van der Waals surface area contributed by atoms with Crippen LogP contribution in [-0.4, -0.2) is 29.6 Å². The standard InChI is InChI=1S/C15H11ClN4O2S/c1-19-12-8-4-5-9-13(12)23(21,22)20-14(17-18-15(19)20)10-6-2-3-7-11(10)16/h2-9H,1H3. The van der Waals surface area contributed by atoms with Gasteiger partial charge in [0.05, 0.1) is 10.7 Å². The molecule has 0 saturated heterocycles. The molecule has 1 aliphatic heterocycles. The summed E-state index contributed by atoms with van der Waals surface area (Å²) in [6.45, 7) is 0. The highest BCUT2D eigenvalue weighted by atomic mass is 35.5. The summed E-state index contributed by atoms with van der Waals surface area (Å²) in [6, 6.07) is 13.7. The summed E-state index contributed by atoms with van der Waals surface area (Å²) in [7, 11) is -2.04. The molecule has 116 valence electrons. The molecule has 0 amide bonds. The molecule has 1 aliphatic rings. The van der Waals surface area contributed by atoms with E-state index in [-0.39, 0.29) is 16.7 Å². The van der Waals surface area contributed by atoms with Crippen LogP contribution in [-0.2, 0) is 10.0 Å². The summed E-state index contributed by atoms with van der Waals surface area (Å²) in [4.78, 5) is 1.91.